The Morgan fingerprint density at radius 3 is 2.50 bits per heavy atom. The van der Waals surface area contributed by atoms with Crippen LogP contribution in [0.4, 0.5) is 19.0 Å². The van der Waals surface area contributed by atoms with Crippen LogP contribution in [-0.4, -0.2) is 37.2 Å². The number of pyridine rings is 1. The Morgan fingerprint density at radius 1 is 1.27 bits per heavy atom. The number of carbonyl (C=O) groups is 1. The molecule has 1 aliphatic carbocycles. The highest BCUT2D eigenvalue weighted by Crippen LogP contribution is 2.37. The molecule has 0 saturated heterocycles. The van der Waals surface area contributed by atoms with Crippen LogP contribution in [0.25, 0.3) is 0 Å². The van der Waals surface area contributed by atoms with Gasteiger partial charge < -0.3 is 10.2 Å². The minimum Gasteiger partial charge on any atom is -0.363 e. The summed E-state index contributed by atoms with van der Waals surface area (Å²) in [6.45, 7) is 0. The number of halogens is 3. The van der Waals surface area contributed by atoms with Gasteiger partial charge in [0.1, 0.15) is 5.82 Å². The molecular formula is C15H20F3N3O. The van der Waals surface area contributed by atoms with Gasteiger partial charge in [0.2, 0.25) is 0 Å². The topological polar surface area (TPSA) is 45.2 Å². The molecule has 1 saturated carbocycles. The van der Waals surface area contributed by atoms with Crippen LogP contribution < -0.4 is 10.2 Å². The van der Waals surface area contributed by atoms with E-state index >= 15 is 0 Å². The summed E-state index contributed by atoms with van der Waals surface area (Å²) in [5, 5.41) is 2.53. The van der Waals surface area contributed by atoms with Crippen LogP contribution in [0.2, 0.25) is 0 Å². The summed E-state index contributed by atoms with van der Waals surface area (Å²) in [6.07, 6.45) is -1.20. The third-order valence-corrected chi connectivity index (χ3v) is 3.97. The molecule has 1 amide bonds. The van der Waals surface area contributed by atoms with Crippen LogP contribution in [0, 0.1) is 5.92 Å². The van der Waals surface area contributed by atoms with Crippen LogP contribution in [0.3, 0.4) is 0 Å². The van der Waals surface area contributed by atoms with Crippen LogP contribution >= 0.6 is 0 Å². The fourth-order valence-corrected chi connectivity index (χ4v) is 2.73. The fraction of sp³-hybridized carbons (Fsp3) is 0.600. The van der Waals surface area contributed by atoms with Gasteiger partial charge in [-0.3, -0.25) is 4.79 Å². The molecule has 122 valence electrons. The lowest BCUT2D eigenvalue weighted by Gasteiger charge is -2.33. The van der Waals surface area contributed by atoms with Gasteiger partial charge in [-0.05, 0) is 25.0 Å². The number of hydrogen-bond donors (Lipinski definition) is 1. The first-order valence-electron chi connectivity index (χ1n) is 7.30. The van der Waals surface area contributed by atoms with E-state index < -0.39 is 24.0 Å². The van der Waals surface area contributed by atoms with Crippen molar-refractivity contribution in [1.29, 1.82) is 0 Å². The van der Waals surface area contributed by atoms with Gasteiger partial charge in [0.15, 0.2) is 0 Å². The lowest BCUT2D eigenvalue weighted by Crippen LogP contribution is -2.47. The zero-order valence-electron chi connectivity index (χ0n) is 12.7. The Bertz CT molecular complexity index is 514. The highest BCUT2D eigenvalue weighted by molar-refractivity contribution is 5.94. The largest absolute Gasteiger partial charge is 0.393 e. The van der Waals surface area contributed by atoms with Crippen molar-refractivity contribution in [2.75, 3.05) is 19.0 Å². The van der Waals surface area contributed by atoms with Crippen molar-refractivity contribution in [2.24, 2.45) is 5.92 Å². The quantitative estimate of drug-likeness (QED) is 0.932. The molecule has 0 unspecified atom stereocenters. The summed E-state index contributed by atoms with van der Waals surface area (Å²) in [5.74, 6) is -1.28. The molecule has 1 aliphatic rings. The molecule has 1 aromatic rings. The second-order valence-corrected chi connectivity index (χ2v) is 5.81. The van der Waals surface area contributed by atoms with Crippen molar-refractivity contribution in [3.05, 3.63) is 23.9 Å². The molecule has 2 atom stereocenters. The standard InChI is InChI=1S/C15H20F3N3O/c1-21(2)13-8-7-10(9-19-13)14(22)20-12-6-4-3-5-11(12)15(16,17)18/h7-9,11-12H,3-6H2,1-2H3,(H,20,22)/t11-,12-/m1/s1. The maximum atomic E-state index is 13.0. The average molecular weight is 315 g/mol. The maximum Gasteiger partial charge on any atom is 0.393 e. The number of alkyl halides is 3. The number of amides is 1. The molecule has 0 radical (unpaired) electrons. The number of hydrogen-bond acceptors (Lipinski definition) is 3. The molecule has 0 aromatic carbocycles. The minimum absolute atomic E-state index is 0.0757. The van der Waals surface area contributed by atoms with Crippen molar-refractivity contribution in [1.82, 2.24) is 10.3 Å². The van der Waals surface area contributed by atoms with E-state index in [1.165, 1.54) is 6.20 Å². The Balaban J connectivity index is 2.06. The first-order chi connectivity index (χ1) is 10.3. The van der Waals surface area contributed by atoms with Gasteiger partial charge in [-0.2, -0.15) is 13.2 Å². The molecule has 1 fully saturated rings. The number of aromatic nitrogens is 1. The van der Waals surface area contributed by atoms with Crippen molar-refractivity contribution in [3.8, 4) is 0 Å². The molecule has 4 nitrogen and oxygen atoms in total. The van der Waals surface area contributed by atoms with E-state index in [1.54, 1.807) is 17.0 Å². The van der Waals surface area contributed by atoms with Gasteiger partial charge in [-0.1, -0.05) is 12.8 Å². The van der Waals surface area contributed by atoms with E-state index in [0.29, 0.717) is 25.1 Å². The SMILES string of the molecule is CN(C)c1ccc(C(=O)N[C@@H]2CCCC[C@H]2C(F)(F)F)cn1. The zero-order valence-corrected chi connectivity index (χ0v) is 12.7. The summed E-state index contributed by atoms with van der Waals surface area (Å²) < 4.78 is 39.1. The van der Waals surface area contributed by atoms with Crippen LogP contribution in [0.5, 0.6) is 0 Å². The summed E-state index contributed by atoms with van der Waals surface area (Å²) >= 11 is 0. The number of anilines is 1. The summed E-state index contributed by atoms with van der Waals surface area (Å²) in [6, 6.07) is 2.38. The van der Waals surface area contributed by atoms with Gasteiger partial charge in [-0.25, -0.2) is 4.98 Å². The van der Waals surface area contributed by atoms with E-state index in [9.17, 15) is 18.0 Å². The van der Waals surface area contributed by atoms with Crippen molar-refractivity contribution >= 4 is 11.7 Å². The third kappa shape index (κ3) is 3.90. The highest BCUT2D eigenvalue weighted by Gasteiger charge is 2.45. The monoisotopic (exact) mass is 315 g/mol. The van der Waals surface area contributed by atoms with Gasteiger partial charge in [0.25, 0.3) is 5.91 Å². The average Bonchev–Trinajstić information content (AvgIpc) is 2.46. The smallest absolute Gasteiger partial charge is 0.363 e. The molecule has 0 spiro atoms. The highest BCUT2D eigenvalue weighted by atomic mass is 19.4. The number of nitrogens with one attached hydrogen (secondary N) is 1. The van der Waals surface area contributed by atoms with E-state index in [-0.39, 0.29) is 12.0 Å². The first-order valence-corrected chi connectivity index (χ1v) is 7.30. The lowest BCUT2D eigenvalue weighted by atomic mass is 9.84. The summed E-state index contributed by atoms with van der Waals surface area (Å²) in [5.41, 5.74) is 0.275. The van der Waals surface area contributed by atoms with Gasteiger partial charge in [-0.15, -0.1) is 0 Å². The van der Waals surface area contributed by atoms with Crippen molar-refractivity contribution in [3.63, 3.8) is 0 Å². The van der Waals surface area contributed by atoms with Crippen LogP contribution in [0.1, 0.15) is 36.0 Å². The Morgan fingerprint density at radius 2 is 1.95 bits per heavy atom. The minimum atomic E-state index is -4.27. The molecule has 7 heteroatoms. The van der Waals surface area contributed by atoms with E-state index in [2.05, 4.69) is 10.3 Å². The second-order valence-electron chi connectivity index (χ2n) is 5.81. The molecule has 0 bridgehead atoms. The van der Waals surface area contributed by atoms with E-state index in [4.69, 9.17) is 0 Å². The molecule has 0 aliphatic heterocycles. The van der Waals surface area contributed by atoms with Crippen LogP contribution in [-0.2, 0) is 0 Å². The Hall–Kier alpha value is -1.79. The van der Waals surface area contributed by atoms with E-state index in [1.807, 2.05) is 14.1 Å². The summed E-state index contributed by atoms with van der Waals surface area (Å²) in [4.78, 5) is 18.0. The zero-order chi connectivity index (χ0) is 16.3. The van der Waals surface area contributed by atoms with Gasteiger partial charge >= 0.3 is 6.18 Å². The molecule has 1 N–H and O–H groups in total. The van der Waals surface area contributed by atoms with Crippen molar-refractivity contribution < 1.29 is 18.0 Å². The molecule has 22 heavy (non-hydrogen) atoms. The number of rotatable bonds is 3. The molecule has 1 heterocycles. The predicted octanol–water partition coefficient (Wildman–Crippen LogP) is 3.00. The molecular weight excluding hydrogens is 295 g/mol. The molecule has 2 rings (SSSR count). The van der Waals surface area contributed by atoms with Gasteiger partial charge in [0, 0.05) is 26.3 Å². The van der Waals surface area contributed by atoms with E-state index in [0.717, 1.165) is 0 Å². The maximum absolute atomic E-state index is 13.0. The van der Waals surface area contributed by atoms with Gasteiger partial charge in [0.05, 0.1) is 11.5 Å². The Kier molecular flexibility index (Phi) is 4.93. The fourth-order valence-electron chi connectivity index (χ4n) is 2.73. The number of carbonyl (C=O) groups excluding carboxylic acids is 1. The third-order valence-electron chi connectivity index (χ3n) is 3.97. The van der Waals surface area contributed by atoms with Crippen LogP contribution in [0.15, 0.2) is 18.3 Å². The normalized spacial score (nSPS) is 22.2. The number of nitrogens with zero attached hydrogens (tertiary/aromatic N) is 2. The Labute approximate surface area is 127 Å². The molecule has 1 aromatic heterocycles. The predicted molar refractivity (Wildman–Crippen MR) is 77.8 cm³/mol. The lowest BCUT2D eigenvalue weighted by molar-refractivity contribution is -0.187. The van der Waals surface area contributed by atoms with Crippen molar-refractivity contribution in [2.45, 2.75) is 37.9 Å². The first kappa shape index (κ1) is 16.6. The summed E-state index contributed by atoms with van der Waals surface area (Å²) in [7, 11) is 3.63. The second kappa shape index (κ2) is 6.54.